The van der Waals surface area contributed by atoms with E-state index < -0.39 is 0 Å². The maximum atomic E-state index is 12.1. The molecule has 8 nitrogen and oxygen atoms in total. The Kier molecular flexibility index (Phi) is 4.46. The second-order valence-corrected chi connectivity index (χ2v) is 5.18. The predicted octanol–water partition coefficient (Wildman–Crippen LogP) is 1.27. The Hall–Kier alpha value is -3.29. The molecule has 1 aromatic carbocycles. The number of carbonyl (C=O) groups is 1. The third kappa shape index (κ3) is 3.72. The lowest BCUT2D eigenvalue weighted by Crippen LogP contribution is -2.24. The first-order valence-corrected chi connectivity index (χ1v) is 7.34. The lowest BCUT2D eigenvalue weighted by Gasteiger charge is -2.04. The van der Waals surface area contributed by atoms with Gasteiger partial charge in [-0.05, 0) is 12.5 Å². The van der Waals surface area contributed by atoms with Gasteiger partial charge in [0.05, 0.1) is 17.8 Å². The molecule has 0 aliphatic rings. The number of nitrogen functional groups attached to an aromatic ring is 1. The molecule has 0 saturated heterocycles. The molecule has 0 saturated carbocycles. The molecule has 3 rings (SSSR count). The van der Waals surface area contributed by atoms with Crippen LogP contribution in [-0.2, 0) is 13.0 Å². The highest BCUT2D eigenvalue weighted by Crippen LogP contribution is 2.08. The summed E-state index contributed by atoms with van der Waals surface area (Å²) in [5.41, 5.74) is 7.42. The summed E-state index contributed by atoms with van der Waals surface area (Å²) in [7, 11) is 0. The zero-order chi connectivity index (χ0) is 16.9. The summed E-state index contributed by atoms with van der Waals surface area (Å²) in [5, 5.41) is 6.61. The van der Waals surface area contributed by atoms with E-state index in [0.717, 1.165) is 5.56 Å². The van der Waals surface area contributed by atoms with Crippen molar-refractivity contribution in [1.29, 1.82) is 0 Å². The molecule has 2 heterocycles. The molecule has 0 aliphatic heterocycles. The van der Waals surface area contributed by atoms with Crippen molar-refractivity contribution in [3.63, 3.8) is 0 Å². The van der Waals surface area contributed by atoms with Gasteiger partial charge in [0.15, 0.2) is 5.82 Å². The summed E-state index contributed by atoms with van der Waals surface area (Å²) in [6, 6.07) is 9.83. The molecule has 0 unspecified atom stereocenters. The van der Waals surface area contributed by atoms with E-state index in [0.29, 0.717) is 29.4 Å². The van der Waals surface area contributed by atoms with Gasteiger partial charge >= 0.3 is 0 Å². The minimum atomic E-state index is -0.324. The monoisotopic (exact) mass is 324 g/mol. The standard InChI is InChI=1S/C16H16N6O2/c1-10-12(8-19-16(17)20-10)15(23)18-9-14-21-13(22-24-14)7-11-5-3-2-4-6-11/h2-6,8H,7,9H2,1H3,(H,18,23)(H2,17,19,20). The average Bonchev–Trinajstić information content (AvgIpc) is 3.01. The summed E-state index contributed by atoms with van der Waals surface area (Å²) >= 11 is 0. The minimum absolute atomic E-state index is 0.129. The Labute approximate surface area is 138 Å². The molecule has 8 heteroatoms. The number of amides is 1. The predicted molar refractivity (Wildman–Crippen MR) is 85.9 cm³/mol. The van der Waals surface area contributed by atoms with Crippen LogP contribution in [0.4, 0.5) is 5.95 Å². The van der Waals surface area contributed by atoms with E-state index in [1.807, 2.05) is 30.3 Å². The molecular weight excluding hydrogens is 308 g/mol. The third-order valence-corrected chi connectivity index (χ3v) is 3.36. The summed E-state index contributed by atoms with van der Waals surface area (Å²) in [4.78, 5) is 24.2. The maximum Gasteiger partial charge on any atom is 0.255 e. The first-order chi connectivity index (χ1) is 11.6. The van der Waals surface area contributed by atoms with Crippen LogP contribution in [0.2, 0.25) is 0 Å². The van der Waals surface area contributed by atoms with Crippen LogP contribution in [0.3, 0.4) is 0 Å². The van der Waals surface area contributed by atoms with Gasteiger partial charge < -0.3 is 15.6 Å². The number of carbonyl (C=O) groups excluding carboxylic acids is 1. The van der Waals surface area contributed by atoms with Gasteiger partial charge in [-0.2, -0.15) is 4.98 Å². The van der Waals surface area contributed by atoms with Gasteiger partial charge in [-0.15, -0.1) is 0 Å². The quantitative estimate of drug-likeness (QED) is 0.725. The number of nitrogens with two attached hydrogens (primary N) is 1. The SMILES string of the molecule is Cc1nc(N)ncc1C(=O)NCc1nc(Cc2ccccc2)no1. The number of anilines is 1. The molecule has 0 aliphatic carbocycles. The smallest absolute Gasteiger partial charge is 0.255 e. The largest absolute Gasteiger partial charge is 0.368 e. The highest BCUT2D eigenvalue weighted by Gasteiger charge is 2.13. The minimum Gasteiger partial charge on any atom is -0.368 e. The number of aryl methyl sites for hydroxylation is 1. The molecule has 3 aromatic rings. The lowest BCUT2D eigenvalue weighted by atomic mass is 10.1. The van der Waals surface area contributed by atoms with Crippen LogP contribution in [0.5, 0.6) is 0 Å². The number of nitrogens with zero attached hydrogens (tertiary/aromatic N) is 4. The van der Waals surface area contributed by atoms with Crippen molar-refractivity contribution in [1.82, 2.24) is 25.4 Å². The Morgan fingerprint density at radius 2 is 2.04 bits per heavy atom. The van der Waals surface area contributed by atoms with Crippen molar-refractivity contribution < 1.29 is 9.32 Å². The number of rotatable bonds is 5. The summed E-state index contributed by atoms with van der Waals surface area (Å²) in [6.07, 6.45) is 1.96. The van der Waals surface area contributed by atoms with E-state index in [-0.39, 0.29) is 18.4 Å². The van der Waals surface area contributed by atoms with Gasteiger partial charge in [-0.3, -0.25) is 4.79 Å². The van der Waals surface area contributed by atoms with Gasteiger partial charge in [0.25, 0.3) is 5.91 Å². The molecule has 1 amide bonds. The average molecular weight is 324 g/mol. The molecule has 3 N–H and O–H groups in total. The number of hydrogen-bond acceptors (Lipinski definition) is 7. The first-order valence-electron chi connectivity index (χ1n) is 7.34. The van der Waals surface area contributed by atoms with E-state index in [9.17, 15) is 4.79 Å². The Morgan fingerprint density at radius 3 is 2.79 bits per heavy atom. The van der Waals surface area contributed by atoms with Crippen LogP contribution in [0.1, 0.15) is 33.3 Å². The van der Waals surface area contributed by atoms with Crippen molar-refractivity contribution in [3.05, 3.63) is 65.1 Å². The highest BCUT2D eigenvalue weighted by atomic mass is 16.5. The second-order valence-electron chi connectivity index (χ2n) is 5.18. The van der Waals surface area contributed by atoms with Crippen LogP contribution in [0.15, 0.2) is 41.1 Å². The molecule has 2 aromatic heterocycles. The van der Waals surface area contributed by atoms with Crippen molar-refractivity contribution in [2.24, 2.45) is 0 Å². The van der Waals surface area contributed by atoms with E-state index in [1.165, 1.54) is 6.20 Å². The third-order valence-electron chi connectivity index (χ3n) is 3.36. The zero-order valence-corrected chi connectivity index (χ0v) is 13.1. The molecule has 0 radical (unpaired) electrons. The zero-order valence-electron chi connectivity index (χ0n) is 13.1. The van der Waals surface area contributed by atoms with Crippen LogP contribution >= 0.6 is 0 Å². The molecule has 24 heavy (non-hydrogen) atoms. The normalized spacial score (nSPS) is 10.5. The van der Waals surface area contributed by atoms with Gasteiger partial charge in [0.1, 0.15) is 0 Å². The van der Waals surface area contributed by atoms with Gasteiger partial charge in [-0.25, -0.2) is 9.97 Å². The van der Waals surface area contributed by atoms with Crippen LogP contribution in [0, 0.1) is 6.92 Å². The van der Waals surface area contributed by atoms with Gasteiger partial charge in [-0.1, -0.05) is 35.5 Å². The molecule has 0 bridgehead atoms. The number of aromatic nitrogens is 4. The Bertz CT molecular complexity index is 847. The number of benzene rings is 1. The molecule has 0 atom stereocenters. The molecular formula is C16H16N6O2. The fourth-order valence-corrected chi connectivity index (χ4v) is 2.17. The van der Waals surface area contributed by atoms with E-state index in [2.05, 4.69) is 25.4 Å². The molecule has 0 spiro atoms. The van der Waals surface area contributed by atoms with Crippen molar-refractivity contribution in [2.45, 2.75) is 19.9 Å². The number of nitrogens with one attached hydrogen (secondary N) is 1. The summed E-state index contributed by atoms with van der Waals surface area (Å²) in [5.74, 6) is 0.711. The molecule has 0 fully saturated rings. The highest BCUT2D eigenvalue weighted by molar-refractivity contribution is 5.94. The molecule has 122 valence electrons. The lowest BCUT2D eigenvalue weighted by molar-refractivity contribution is 0.0945. The van der Waals surface area contributed by atoms with Crippen LogP contribution in [-0.4, -0.2) is 26.0 Å². The number of hydrogen-bond donors (Lipinski definition) is 2. The second kappa shape index (κ2) is 6.86. The fraction of sp³-hybridized carbons (Fsp3) is 0.188. The van der Waals surface area contributed by atoms with Gasteiger partial charge in [0.2, 0.25) is 11.8 Å². The van der Waals surface area contributed by atoms with E-state index in [1.54, 1.807) is 6.92 Å². The van der Waals surface area contributed by atoms with Crippen LogP contribution in [0.25, 0.3) is 0 Å². The topological polar surface area (TPSA) is 120 Å². The van der Waals surface area contributed by atoms with E-state index >= 15 is 0 Å². The van der Waals surface area contributed by atoms with E-state index in [4.69, 9.17) is 10.3 Å². The summed E-state index contributed by atoms with van der Waals surface area (Å²) in [6.45, 7) is 1.82. The van der Waals surface area contributed by atoms with Crippen molar-refractivity contribution >= 4 is 11.9 Å². The maximum absolute atomic E-state index is 12.1. The first kappa shape index (κ1) is 15.6. The van der Waals surface area contributed by atoms with Gasteiger partial charge in [0, 0.05) is 12.6 Å². The Balaban J connectivity index is 1.60. The summed E-state index contributed by atoms with van der Waals surface area (Å²) < 4.78 is 5.15. The van der Waals surface area contributed by atoms with Crippen molar-refractivity contribution in [3.8, 4) is 0 Å². The van der Waals surface area contributed by atoms with Crippen molar-refractivity contribution in [2.75, 3.05) is 5.73 Å². The fourth-order valence-electron chi connectivity index (χ4n) is 2.17. The van der Waals surface area contributed by atoms with Crippen LogP contribution < -0.4 is 11.1 Å². The Morgan fingerprint density at radius 1 is 1.25 bits per heavy atom.